The summed E-state index contributed by atoms with van der Waals surface area (Å²) in [4.78, 5) is 4.03. The van der Waals surface area contributed by atoms with E-state index >= 15 is 0 Å². The van der Waals surface area contributed by atoms with E-state index in [4.69, 9.17) is 4.74 Å². The van der Waals surface area contributed by atoms with Gasteiger partial charge in [0.05, 0.1) is 13.7 Å². The second-order valence-corrected chi connectivity index (χ2v) is 9.37. The number of rotatable bonds is 2. The molecule has 0 heterocycles. The fourth-order valence-corrected chi connectivity index (χ4v) is 6.25. The first-order valence-electron chi connectivity index (χ1n) is 10.8. The fourth-order valence-electron chi connectivity index (χ4n) is 6.25. The number of fused-ring (bicyclic) bond motifs is 5. The lowest BCUT2D eigenvalue weighted by Crippen LogP contribution is -2.50. The van der Waals surface area contributed by atoms with Crippen LogP contribution >= 0.6 is 22.6 Å². The summed E-state index contributed by atoms with van der Waals surface area (Å²) in [7, 11) is 5.80. The van der Waals surface area contributed by atoms with E-state index in [1.54, 1.807) is 7.11 Å². The summed E-state index contributed by atoms with van der Waals surface area (Å²) >= 11 is 2.15. The zero-order valence-corrected chi connectivity index (χ0v) is 20.8. The highest BCUT2D eigenvalue weighted by Crippen LogP contribution is 2.64. The normalized spacial score (nSPS) is 34.7. The van der Waals surface area contributed by atoms with Gasteiger partial charge in [0.1, 0.15) is 11.4 Å². The third-order valence-electron chi connectivity index (χ3n) is 7.78. The van der Waals surface area contributed by atoms with Crippen LogP contribution in [0.25, 0.3) is 0 Å². The van der Waals surface area contributed by atoms with Gasteiger partial charge in [0, 0.05) is 5.41 Å². The molecule has 2 fully saturated rings. The van der Waals surface area contributed by atoms with Crippen molar-refractivity contribution in [3.63, 3.8) is 0 Å². The minimum Gasteiger partial charge on any atom is -0.497 e. The Bertz CT molecular complexity index is 783. The Morgan fingerprint density at radius 2 is 1.97 bits per heavy atom. The van der Waals surface area contributed by atoms with Crippen molar-refractivity contribution in [2.75, 3.05) is 32.7 Å². The standard InChI is InChI=1S/C24H33NO2.CH3I/c1-23-13-10-20-19-9-7-18(27-4)16-17(19)6-8-21(20)22(23)11-14-24(23,26)12-5-15-25(2)3;1-2/h7,9,16,20-22,26H,6,8,10-11,13-15H2,1-4H3;1H3/t20-,21-,22+,23+,24+;/m1./s1. The number of ether oxygens (including phenoxy) is 1. The molecule has 1 aromatic rings. The quantitative estimate of drug-likeness (QED) is 0.350. The van der Waals surface area contributed by atoms with Gasteiger partial charge in [0.25, 0.3) is 0 Å². The molecule has 29 heavy (non-hydrogen) atoms. The van der Waals surface area contributed by atoms with Gasteiger partial charge in [-0.25, -0.2) is 0 Å². The Morgan fingerprint density at radius 1 is 1.21 bits per heavy atom. The van der Waals surface area contributed by atoms with E-state index in [-0.39, 0.29) is 5.41 Å². The maximum Gasteiger partial charge on any atom is 0.131 e. The van der Waals surface area contributed by atoms with E-state index in [0.29, 0.717) is 24.3 Å². The van der Waals surface area contributed by atoms with Gasteiger partial charge < -0.3 is 9.84 Å². The van der Waals surface area contributed by atoms with Crippen molar-refractivity contribution in [3.05, 3.63) is 29.3 Å². The van der Waals surface area contributed by atoms with Gasteiger partial charge in [0.15, 0.2) is 0 Å². The molecule has 1 N–H and O–H groups in total. The third kappa shape index (κ3) is 4.07. The van der Waals surface area contributed by atoms with Crippen LogP contribution in [0.3, 0.4) is 0 Å². The fraction of sp³-hybridized carbons (Fsp3) is 0.680. The molecule has 5 atom stereocenters. The van der Waals surface area contributed by atoms with Crippen molar-refractivity contribution in [2.24, 2.45) is 17.3 Å². The molecule has 0 bridgehead atoms. The third-order valence-corrected chi connectivity index (χ3v) is 7.78. The molecule has 4 heteroatoms. The number of nitrogens with zero attached hydrogens (tertiary/aromatic N) is 1. The van der Waals surface area contributed by atoms with Gasteiger partial charge >= 0.3 is 0 Å². The first kappa shape index (κ1) is 22.9. The van der Waals surface area contributed by atoms with Crippen LogP contribution in [0.5, 0.6) is 5.75 Å². The topological polar surface area (TPSA) is 32.7 Å². The van der Waals surface area contributed by atoms with Gasteiger partial charge in [-0.1, -0.05) is 47.4 Å². The Balaban J connectivity index is 0.00000117. The zero-order valence-electron chi connectivity index (χ0n) is 18.6. The Kier molecular flexibility index (Phi) is 7.23. The van der Waals surface area contributed by atoms with Crippen molar-refractivity contribution in [3.8, 4) is 17.6 Å². The maximum absolute atomic E-state index is 11.5. The number of aryl methyl sites for hydroxylation is 1. The van der Waals surface area contributed by atoms with Gasteiger partial charge in [0.2, 0.25) is 0 Å². The predicted octanol–water partition coefficient (Wildman–Crippen LogP) is 4.90. The van der Waals surface area contributed by atoms with Crippen LogP contribution < -0.4 is 4.74 Å². The first-order chi connectivity index (χ1) is 13.9. The Labute approximate surface area is 190 Å². The molecule has 1 aromatic carbocycles. The molecule has 0 unspecified atom stereocenters. The molecule has 160 valence electrons. The van der Waals surface area contributed by atoms with E-state index < -0.39 is 5.60 Å². The lowest BCUT2D eigenvalue weighted by atomic mass is 9.53. The summed E-state index contributed by atoms with van der Waals surface area (Å²) in [6.45, 7) is 3.03. The van der Waals surface area contributed by atoms with Crippen LogP contribution in [0.2, 0.25) is 0 Å². The van der Waals surface area contributed by atoms with Crippen LogP contribution in [0.1, 0.15) is 56.1 Å². The summed E-state index contributed by atoms with van der Waals surface area (Å²) < 4.78 is 5.43. The summed E-state index contributed by atoms with van der Waals surface area (Å²) in [5.41, 5.74) is 2.11. The second-order valence-electron chi connectivity index (χ2n) is 9.37. The minimum absolute atomic E-state index is 0.0720. The summed E-state index contributed by atoms with van der Waals surface area (Å²) in [6.07, 6.45) is 6.52. The molecule has 3 aliphatic carbocycles. The number of hydrogen-bond donors (Lipinski definition) is 1. The first-order valence-corrected chi connectivity index (χ1v) is 13.0. The van der Waals surface area contributed by atoms with Crippen molar-refractivity contribution < 1.29 is 9.84 Å². The molecule has 0 aromatic heterocycles. The highest BCUT2D eigenvalue weighted by molar-refractivity contribution is 14.1. The van der Waals surface area contributed by atoms with E-state index in [1.807, 2.05) is 19.0 Å². The highest BCUT2D eigenvalue weighted by atomic mass is 127. The average molecular weight is 509 g/mol. The lowest BCUT2D eigenvalue weighted by molar-refractivity contribution is -0.0648. The highest BCUT2D eigenvalue weighted by Gasteiger charge is 2.61. The van der Waals surface area contributed by atoms with Crippen molar-refractivity contribution in [2.45, 2.75) is 57.0 Å². The van der Waals surface area contributed by atoms with E-state index in [9.17, 15) is 5.11 Å². The zero-order chi connectivity index (χ0) is 21.2. The number of methoxy groups -OCH3 is 1. The van der Waals surface area contributed by atoms with Crippen molar-refractivity contribution in [1.29, 1.82) is 0 Å². The number of alkyl halides is 1. The molecule has 0 amide bonds. The van der Waals surface area contributed by atoms with E-state index in [2.05, 4.69) is 64.5 Å². The molecule has 0 aliphatic heterocycles. The maximum atomic E-state index is 11.5. The predicted molar refractivity (Wildman–Crippen MR) is 129 cm³/mol. The average Bonchev–Trinajstić information content (AvgIpc) is 2.99. The minimum atomic E-state index is -0.821. The number of hydrogen-bond acceptors (Lipinski definition) is 3. The van der Waals surface area contributed by atoms with Crippen LogP contribution in [-0.4, -0.2) is 48.3 Å². The van der Waals surface area contributed by atoms with E-state index in [1.165, 1.54) is 17.5 Å². The SMILES string of the molecule is CI.COc1ccc2c(c1)CC[C@@H]1[C@@H]2CC[C@@]2(C)[C@H]1CC[C@@]2(O)C#CCN(C)C. The number of benzene rings is 1. The summed E-state index contributed by atoms with van der Waals surface area (Å²) in [6, 6.07) is 6.65. The van der Waals surface area contributed by atoms with Crippen molar-refractivity contribution >= 4 is 22.6 Å². The molecule has 3 nitrogen and oxygen atoms in total. The van der Waals surface area contributed by atoms with Gasteiger partial charge in [-0.3, -0.25) is 4.90 Å². The van der Waals surface area contributed by atoms with Gasteiger partial charge in [-0.2, -0.15) is 0 Å². The summed E-state index contributed by atoms with van der Waals surface area (Å²) in [5.74, 6) is 9.40. The largest absolute Gasteiger partial charge is 0.497 e. The smallest absolute Gasteiger partial charge is 0.131 e. The van der Waals surface area contributed by atoms with Gasteiger partial charge in [-0.15, -0.1) is 0 Å². The number of aliphatic hydroxyl groups is 1. The molecule has 0 spiro atoms. The summed E-state index contributed by atoms with van der Waals surface area (Å²) in [5, 5.41) is 11.5. The monoisotopic (exact) mass is 509 g/mol. The molecule has 3 aliphatic rings. The number of halogens is 1. The van der Waals surface area contributed by atoms with Crippen LogP contribution in [0.4, 0.5) is 0 Å². The lowest BCUT2D eigenvalue weighted by Gasteiger charge is -2.52. The molecular weight excluding hydrogens is 473 g/mol. The van der Waals surface area contributed by atoms with Crippen LogP contribution in [0.15, 0.2) is 18.2 Å². The van der Waals surface area contributed by atoms with E-state index in [0.717, 1.165) is 37.9 Å². The molecule has 0 saturated heterocycles. The van der Waals surface area contributed by atoms with Crippen LogP contribution in [0, 0.1) is 29.1 Å². The molecule has 4 rings (SSSR count). The Hall–Kier alpha value is -0.770. The van der Waals surface area contributed by atoms with Gasteiger partial charge in [-0.05, 0) is 98.6 Å². The molecule has 2 saturated carbocycles. The van der Waals surface area contributed by atoms with Crippen LogP contribution in [-0.2, 0) is 6.42 Å². The van der Waals surface area contributed by atoms with Crippen molar-refractivity contribution in [1.82, 2.24) is 4.90 Å². The second kappa shape index (κ2) is 9.16. The Morgan fingerprint density at radius 3 is 2.66 bits per heavy atom. The molecule has 0 radical (unpaired) electrons. The molecular formula is C25H36INO2.